The second-order valence-electron chi connectivity index (χ2n) is 4.33. The van der Waals surface area contributed by atoms with Gasteiger partial charge in [-0.3, -0.25) is 0 Å². The first-order valence-electron chi connectivity index (χ1n) is 5.88. The Balaban J connectivity index is 2.01. The highest BCUT2D eigenvalue weighted by atomic mass is 35.5. The van der Waals surface area contributed by atoms with Crippen molar-refractivity contribution in [2.75, 3.05) is 5.73 Å². The van der Waals surface area contributed by atoms with E-state index in [2.05, 4.69) is 10.1 Å². The Morgan fingerprint density at radius 1 is 0.905 bits per heavy atom. The first kappa shape index (κ1) is 14.2. The number of hydrogen-bond acceptors (Lipinski definition) is 4. The van der Waals surface area contributed by atoms with E-state index in [1.165, 1.54) is 0 Å². The van der Waals surface area contributed by atoms with Crippen LogP contribution in [0.25, 0.3) is 22.8 Å². The first-order chi connectivity index (χ1) is 10.0. The van der Waals surface area contributed by atoms with Gasteiger partial charge in [-0.15, -0.1) is 0 Å². The third-order valence-electron chi connectivity index (χ3n) is 2.77. The molecule has 0 atom stereocenters. The molecule has 1 aromatic heterocycles. The largest absolute Gasteiger partial charge is 0.399 e. The maximum absolute atomic E-state index is 5.98. The van der Waals surface area contributed by atoms with Crippen molar-refractivity contribution in [3.63, 3.8) is 0 Å². The summed E-state index contributed by atoms with van der Waals surface area (Å²) in [6.45, 7) is 0. The Hall–Kier alpha value is -1.75. The summed E-state index contributed by atoms with van der Waals surface area (Å²) in [5.41, 5.74) is 7.62. The van der Waals surface area contributed by atoms with Crippen molar-refractivity contribution in [3.05, 3.63) is 51.5 Å². The zero-order valence-corrected chi connectivity index (χ0v) is 12.7. The minimum Gasteiger partial charge on any atom is -0.399 e. The highest BCUT2D eigenvalue weighted by Crippen LogP contribution is 2.29. The second-order valence-corrected chi connectivity index (χ2v) is 5.58. The minimum atomic E-state index is 0.324. The third-order valence-corrected chi connectivity index (χ3v) is 3.73. The maximum atomic E-state index is 5.98. The fourth-order valence-corrected chi connectivity index (χ4v) is 2.37. The normalized spacial score (nSPS) is 10.8. The van der Waals surface area contributed by atoms with Gasteiger partial charge in [-0.25, -0.2) is 0 Å². The van der Waals surface area contributed by atoms with Crippen LogP contribution in [0.4, 0.5) is 5.69 Å². The fraction of sp³-hybridized carbons (Fsp3) is 0. The summed E-state index contributed by atoms with van der Waals surface area (Å²) >= 11 is 17.8. The van der Waals surface area contributed by atoms with Gasteiger partial charge in [0.2, 0.25) is 5.82 Å². The molecule has 3 rings (SSSR count). The summed E-state index contributed by atoms with van der Waals surface area (Å²) in [6, 6.07) is 10.1. The van der Waals surface area contributed by atoms with Crippen LogP contribution < -0.4 is 5.73 Å². The molecule has 106 valence electrons. The molecule has 0 saturated carbocycles. The number of aromatic nitrogens is 2. The quantitative estimate of drug-likeness (QED) is 0.671. The molecular weight excluding hydrogens is 333 g/mol. The zero-order valence-electron chi connectivity index (χ0n) is 10.5. The predicted molar refractivity (Wildman–Crippen MR) is 84.6 cm³/mol. The van der Waals surface area contributed by atoms with Crippen molar-refractivity contribution in [1.82, 2.24) is 10.1 Å². The van der Waals surface area contributed by atoms with E-state index in [9.17, 15) is 0 Å². The molecule has 4 nitrogen and oxygen atoms in total. The van der Waals surface area contributed by atoms with E-state index in [0.29, 0.717) is 43.6 Å². The molecule has 2 N–H and O–H groups in total. The van der Waals surface area contributed by atoms with Crippen molar-refractivity contribution < 1.29 is 4.52 Å². The Kier molecular flexibility index (Phi) is 3.76. The second kappa shape index (κ2) is 5.56. The highest BCUT2D eigenvalue weighted by molar-refractivity contribution is 6.42. The van der Waals surface area contributed by atoms with Crippen LogP contribution in [0.15, 0.2) is 40.9 Å². The minimum absolute atomic E-state index is 0.324. The van der Waals surface area contributed by atoms with E-state index in [1.807, 2.05) is 0 Å². The molecule has 0 bridgehead atoms. The van der Waals surface area contributed by atoms with Gasteiger partial charge in [0.15, 0.2) is 0 Å². The number of anilines is 1. The number of halogens is 3. The van der Waals surface area contributed by atoms with Gasteiger partial charge in [0.25, 0.3) is 5.89 Å². The summed E-state index contributed by atoms with van der Waals surface area (Å²) in [6.07, 6.45) is 0. The lowest BCUT2D eigenvalue weighted by molar-refractivity contribution is 0.432. The van der Waals surface area contributed by atoms with Gasteiger partial charge < -0.3 is 10.3 Å². The van der Waals surface area contributed by atoms with Gasteiger partial charge >= 0.3 is 0 Å². The van der Waals surface area contributed by atoms with Crippen LogP contribution >= 0.6 is 34.8 Å². The lowest BCUT2D eigenvalue weighted by Gasteiger charge is -1.99. The van der Waals surface area contributed by atoms with Crippen molar-refractivity contribution >= 4 is 40.5 Å². The Morgan fingerprint density at radius 3 is 2.43 bits per heavy atom. The van der Waals surface area contributed by atoms with Crippen molar-refractivity contribution in [1.29, 1.82) is 0 Å². The molecule has 0 radical (unpaired) electrons. The number of hydrogen-bond donors (Lipinski definition) is 1. The first-order valence-corrected chi connectivity index (χ1v) is 7.02. The molecule has 0 unspecified atom stereocenters. The molecule has 7 heteroatoms. The molecule has 0 aliphatic carbocycles. The van der Waals surface area contributed by atoms with Gasteiger partial charge in [-0.2, -0.15) is 4.98 Å². The lowest BCUT2D eigenvalue weighted by atomic mass is 10.2. The summed E-state index contributed by atoms with van der Waals surface area (Å²) in [5.74, 6) is 0.729. The molecule has 0 aliphatic rings. The smallest absolute Gasteiger partial charge is 0.258 e. The average Bonchev–Trinajstić information content (AvgIpc) is 2.90. The Bertz CT molecular complexity index is 797. The predicted octanol–water partition coefficient (Wildman–Crippen LogP) is 4.95. The van der Waals surface area contributed by atoms with Crippen LogP contribution in [0.5, 0.6) is 0 Å². The number of benzene rings is 2. The SMILES string of the molecule is Nc1cc(Cl)cc(-c2nc(-c3ccc(Cl)c(Cl)c3)no2)c1. The Morgan fingerprint density at radius 2 is 1.71 bits per heavy atom. The van der Waals surface area contributed by atoms with Crippen LogP contribution in [-0.2, 0) is 0 Å². The molecule has 21 heavy (non-hydrogen) atoms. The topological polar surface area (TPSA) is 64.9 Å². The van der Waals surface area contributed by atoms with E-state index < -0.39 is 0 Å². The number of rotatable bonds is 2. The number of nitrogens with two attached hydrogens (primary N) is 1. The fourth-order valence-electron chi connectivity index (χ4n) is 1.83. The molecule has 3 aromatic rings. The molecule has 0 aliphatic heterocycles. The van der Waals surface area contributed by atoms with Crippen molar-refractivity contribution in [2.45, 2.75) is 0 Å². The van der Waals surface area contributed by atoms with Crippen LogP contribution in [0, 0.1) is 0 Å². The average molecular weight is 341 g/mol. The lowest BCUT2D eigenvalue weighted by Crippen LogP contribution is -1.86. The molecule has 0 spiro atoms. The third kappa shape index (κ3) is 2.97. The summed E-state index contributed by atoms with van der Waals surface area (Å²) in [4.78, 5) is 4.31. The summed E-state index contributed by atoms with van der Waals surface area (Å²) in [5, 5.41) is 5.31. The molecule has 2 aromatic carbocycles. The molecule has 1 heterocycles. The van der Waals surface area contributed by atoms with Crippen molar-refractivity contribution in [2.24, 2.45) is 0 Å². The van der Waals surface area contributed by atoms with E-state index in [0.717, 1.165) is 0 Å². The van der Waals surface area contributed by atoms with Crippen molar-refractivity contribution in [3.8, 4) is 22.8 Å². The van der Waals surface area contributed by atoms with E-state index in [-0.39, 0.29) is 0 Å². The van der Waals surface area contributed by atoms with Gasteiger partial charge in [-0.1, -0.05) is 40.0 Å². The summed E-state index contributed by atoms with van der Waals surface area (Å²) < 4.78 is 5.23. The molecule has 0 fully saturated rings. The van der Waals surface area contributed by atoms with Gasteiger partial charge in [0, 0.05) is 21.8 Å². The summed E-state index contributed by atoms with van der Waals surface area (Å²) in [7, 11) is 0. The van der Waals surface area contributed by atoms with Gasteiger partial charge in [0.05, 0.1) is 10.0 Å². The molecular formula is C14H8Cl3N3O. The van der Waals surface area contributed by atoms with Crippen LogP contribution in [0.1, 0.15) is 0 Å². The molecule has 0 saturated heterocycles. The number of nitrogens with zero attached hydrogens (tertiary/aromatic N) is 2. The standard InChI is InChI=1S/C14H8Cl3N3O/c15-9-3-8(4-10(18)6-9)14-19-13(20-21-14)7-1-2-11(16)12(17)5-7/h1-6H,18H2. The van der Waals surface area contributed by atoms with E-state index in [1.54, 1.807) is 36.4 Å². The van der Waals surface area contributed by atoms with Crippen LogP contribution in [0.2, 0.25) is 15.1 Å². The highest BCUT2D eigenvalue weighted by Gasteiger charge is 2.12. The van der Waals surface area contributed by atoms with Gasteiger partial charge in [-0.05, 0) is 36.4 Å². The van der Waals surface area contributed by atoms with E-state index >= 15 is 0 Å². The number of nitrogen functional groups attached to an aromatic ring is 1. The van der Waals surface area contributed by atoms with Crippen LogP contribution in [0.3, 0.4) is 0 Å². The van der Waals surface area contributed by atoms with Crippen LogP contribution in [-0.4, -0.2) is 10.1 Å². The monoisotopic (exact) mass is 339 g/mol. The zero-order chi connectivity index (χ0) is 15.0. The Labute approximate surface area is 135 Å². The maximum Gasteiger partial charge on any atom is 0.258 e. The van der Waals surface area contributed by atoms with E-state index in [4.69, 9.17) is 45.1 Å². The van der Waals surface area contributed by atoms with Gasteiger partial charge in [0.1, 0.15) is 0 Å². The molecule has 0 amide bonds.